The zero-order valence-electron chi connectivity index (χ0n) is 18.0. The standard InChI is InChI=1S/C24H26F2N4O/c1-23(2)17(7-9-24(23,3)22(31)30-10-8-15(12-27)14-30)16-11-20(29-28-13-16)21-18(25)5-4-6-19(21)26/h4-6,11,13,15,17H,7-10,14H2,1-3H3/t15?,17-,24-/m1/s1. The Kier molecular flexibility index (Phi) is 5.28. The zero-order chi connectivity index (χ0) is 22.4. The summed E-state index contributed by atoms with van der Waals surface area (Å²) in [7, 11) is 0. The molecule has 1 aromatic heterocycles. The van der Waals surface area contributed by atoms with E-state index in [2.05, 4.69) is 30.1 Å². The highest BCUT2D eigenvalue weighted by atomic mass is 19.1. The molecule has 0 radical (unpaired) electrons. The average Bonchev–Trinajstić information content (AvgIpc) is 3.31. The second-order valence-corrected chi connectivity index (χ2v) is 9.48. The van der Waals surface area contributed by atoms with E-state index in [0.29, 0.717) is 25.9 Å². The Labute approximate surface area is 181 Å². The Bertz CT molecular complexity index is 1040. The fraction of sp³-hybridized carbons (Fsp3) is 0.500. The minimum atomic E-state index is -0.682. The number of likely N-dealkylation sites (tertiary alicyclic amines) is 1. The molecule has 2 aliphatic rings. The van der Waals surface area contributed by atoms with Gasteiger partial charge >= 0.3 is 0 Å². The van der Waals surface area contributed by atoms with Gasteiger partial charge in [0.2, 0.25) is 5.91 Å². The number of hydrogen-bond donors (Lipinski definition) is 0. The third-order valence-corrected chi connectivity index (χ3v) is 7.65. The van der Waals surface area contributed by atoms with E-state index in [1.807, 2.05) is 11.8 Å². The summed E-state index contributed by atoms with van der Waals surface area (Å²) in [5.41, 5.74) is -0.228. The molecule has 2 fully saturated rings. The molecule has 0 bridgehead atoms. The summed E-state index contributed by atoms with van der Waals surface area (Å²) in [6.07, 6.45) is 3.80. The van der Waals surface area contributed by atoms with Gasteiger partial charge in [-0.25, -0.2) is 8.78 Å². The first-order chi connectivity index (χ1) is 14.7. The molecule has 1 unspecified atom stereocenters. The van der Waals surface area contributed by atoms with Gasteiger partial charge in [-0.2, -0.15) is 15.5 Å². The third kappa shape index (κ3) is 3.38. The molecule has 1 aliphatic carbocycles. The monoisotopic (exact) mass is 424 g/mol. The lowest BCUT2D eigenvalue weighted by molar-refractivity contribution is -0.145. The molecule has 1 amide bonds. The molecule has 5 nitrogen and oxygen atoms in total. The lowest BCUT2D eigenvalue weighted by atomic mass is 9.63. The molecule has 3 atom stereocenters. The first-order valence-corrected chi connectivity index (χ1v) is 10.6. The second kappa shape index (κ2) is 7.67. The van der Waals surface area contributed by atoms with Crippen LogP contribution < -0.4 is 0 Å². The summed E-state index contributed by atoms with van der Waals surface area (Å²) >= 11 is 0. The topological polar surface area (TPSA) is 69.9 Å². The Morgan fingerprint density at radius 1 is 1.23 bits per heavy atom. The van der Waals surface area contributed by atoms with Crippen molar-refractivity contribution in [3.8, 4) is 17.3 Å². The fourth-order valence-electron chi connectivity index (χ4n) is 5.30. The fourth-order valence-corrected chi connectivity index (χ4v) is 5.30. The molecule has 162 valence electrons. The number of nitriles is 1. The minimum absolute atomic E-state index is 0.0140. The van der Waals surface area contributed by atoms with Crippen molar-refractivity contribution in [1.29, 1.82) is 5.26 Å². The van der Waals surface area contributed by atoms with Crippen molar-refractivity contribution in [1.82, 2.24) is 15.1 Å². The van der Waals surface area contributed by atoms with E-state index in [9.17, 15) is 18.8 Å². The normalized spacial score (nSPS) is 27.3. The Hall–Kier alpha value is -2.88. The van der Waals surface area contributed by atoms with Gasteiger partial charge in [0.1, 0.15) is 11.6 Å². The maximum absolute atomic E-state index is 14.3. The number of hydrogen-bond acceptors (Lipinski definition) is 4. The van der Waals surface area contributed by atoms with Crippen LogP contribution in [0, 0.1) is 39.7 Å². The van der Waals surface area contributed by atoms with Gasteiger partial charge in [-0.1, -0.05) is 26.8 Å². The van der Waals surface area contributed by atoms with Gasteiger partial charge in [-0.05, 0) is 54.4 Å². The second-order valence-electron chi connectivity index (χ2n) is 9.48. The number of amides is 1. The van der Waals surface area contributed by atoms with Gasteiger partial charge in [0.05, 0.1) is 34.9 Å². The molecular formula is C24H26F2N4O. The van der Waals surface area contributed by atoms with Crippen LogP contribution in [0.25, 0.3) is 11.3 Å². The summed E-state index contributed by atoms with van der Waals surface area (Å²) in [6, 6.07) is 7.68. The zero-order valence-corrected chi connectivity index (χ0v) is 18.0. The van der Waals surface area contributed by atoms with Crippen LogP contribution in [-0.4, -0.2) is 34.1 Å². The minimum Gasteiger partial charge on any atom is -0.341 e. The van der Waals surface area contributed by atoms with Crippen molar-refractivity contribution in [2.45, 2.75) is 46.0 Å². The van der Waals surface area contributed by atoms with Crippen LogP contribution in [0.15, 0.2) is 30.5 Å². The van der Waals surface area contributed by atoms with Gasteiger partial charge < -0.3 is 4.90 Å². The molecule has 7 heteroatoms. The van der Waals surface area contributed by atoms with E-state index >= 15 is 0 Å². The third-order valence-electron chi connectivity index (χ3n) is 7.65. The predicted octanol–water partition coefficient (Wildman–Crippen LogP) is 4.70. The largest absolute Gasteiger partial charge is 0.341 e. The van der Waals surface area contributed by atoms with Crippen LogP contribution >= 0.6 is 0 Å². The molecule has 1 aliphatic heterocycles. The van der Waals surface area contributed by atoms with Gasteiger partial charge in [0.15, 0.2) is 0 Å². The highest BCUT2D eigenvalue weighted by molar-refractivity contribution is 5.84. The van der Waals surface area contributed by atoms with Gasteiger partial charge in [0.25, 0.3) is 0 Å². The molecule has 1 saturated carbocycles. The Morgan fingerprint density at radius 2 is 1.94 bits per heavy atom. The SMILES string of the molecule is CC1(C)[C@@H](c2cnnc(-c3c(F)cccc3F)c2)CC[C@]1(C)C(=O)N1CCC(C#N)C1. The summed E-state index contributed by atoms with van der Waals surface area (Å²) in [6.45, 7) is 7.25. The van der Waals surface area contributed by atoms with E-state index in [0.717, 1.165) is 12.0 Å². The van der Waals surface area contributed by atoms with Crippen molar-refractivity contribution in [3.63, 3.8) is 0 Å². The molecule has 2 aromatic rings. The van der Waals surface area contributed by atoms with E-state index in [4.69, 9.17) is 0 Å². The maximum Gasteiger partial charge on any atom is 0.229 e. The van der Waals surface area contributed by atoms with Crippen molar-refractivity contribution in [2.75, 3.05) is 13.1 Å². The molecule has 0 spiro atoms. The maximum atomic E-state index is 14.3. The number of aromatic nitrogens is 2. The van der Waals surface area contributed by atoms with E-state index in [1.165, 1.54) is 18.2 Å². The van der Waals surface area contributed by atoms with E-state index < -0.39 is 22.5 Å². The number of halogens is 2. The van der Waals surface area contributed by atoms with Crippen LogP contribution in [0.5, 0.6) is 0 Å². The smallest absolute Gasteiger partial charge is 0.229 e. The Balaban J connectivity index is 1.65. The number of carbonyl (C=O) groups excluding carboxylic acids is 1. The first-order valence-electron chi connectivity index (χ1n) is 10.6. The van der Waals surface area contributed by atoms with Crippen LogP contribution in [0.3, 0.4) is 0 Å². The predicted molar refractivity (Wildman–Crippen MR) is 112 cm³/mol. The molecule has 1 saturated heterocycles. The van der Waals surface area contributed by atoms with Gasteiger partial charge in [-0.15, -0.1) is 0 Å². The van der Waals surface area contributed by atoms with Gasteiger partial charge in [0, 0.05) is 13.1 Å². The van der Waals surface area contributed by atoms with Crippen molar-refractivity contribution >= 4 is 5.91 Å². The summed E-state index contributed by atoms with van der Waals surface area (Å²) in [5, 5.41) is 17.2. The number of nitrogens with zero attached hydrogens (tertiary/aromatic N) is 4. The number of rotatable bonds is 3. The van der Waals surface area contributed by atoms with E-state index in [-0.39, 0.29) is 29.0 Å². The molecule has 0 N–H and O–H groups in total. The highest BCUT2D eigenvalue weighted by Gasteiger charge is 2.57. The lowest BCUT2D eigenvalue weighted by Gasteiger charge is -2.42. The molecule has 31 heavy (non-hydrogen) atoms. The molecule has 1 aromatic carbocycles. The molecular weight excluding hydrogens is 398 g/mol. The van der Waals surface area contributed by atoms with Crippen LogP contribution in [0.4, 0.5) is 8.78 Å². The van der Waals surface area contributed by atoms with Crippen molar-refractivity contribution in [2.24, 2.45) is 16.7 Å². The van der Waals surface area contributed by atoms with Crippen LogP contribution in [0.1, 0.15) is 51.5 Å². The molecule has 4 rings (SSSR count). The van der Waals surface area contributed by atoms with Crippen molar-refractivity contribution < 1.29 is 13.6 Å². The highest BCUT2D eigenvalue weighted by Crippen LogP contribution is 2.60. The van der Waals surface area contributed by atoms with E-state index in [1.54, 1.807) is 12.3 Å². The van der Waals surface area contributed by atoms with Gasteiger partial charge in [-0.3, -0.25) is 4.79 Å². The number of benzene rings is 1. The number of carbonyl (C=O) groups is 1. The van der Waals surface area contributed by atoms with Crippen LogP contribution in [-0.2, 0) is 4.79 Å². The van der Waals surface area contributed by atoms with Crippen molar-refractivity contribution in [3.05, 3.63) is 47.7 Å². The quantitative estimate of drug-likeness (QED) is 0.716. The summed E-state index contributed by atoms with van der Waals surface area (Å²) in [4.78, 5) is 15.3. The lowest BCUT2D eigenvalue weighted by Crippen LogP contribution is -2.47. The summed E-state index contributed by atoms with van der Waals surface area (Å²) in [5.74, 6) is -1.40. The molecule has 2 heterocycles. The Morgan fingerprint density at radius 3 is 2.58 bits per heavy atom. The average molecular weight is 424 g/mol. The van der Waals surface area contributed by atoms with Crippen LogP contribution in [0.2, 0.25) is 0 Å². The first kappa shape index (κ1) is 21.4. The summed E-state index contributed by atoms with van der Waals surface area (Å²) < 4.78 is 28.6.